The summed E-state index contributed by atoms with van der Waals surface area (Å²) in [6.45, 7) is 21.1. The normalized spacial score (nSPS) is 10.7. The first-order valence-corrected chi connectivity index (χ1v) is 42.9. The molecule has 0 radical (unpaired) electrons. The molecule has 0 fully saturated rings. The molecule has 0 aromatic heterocycles. The number of unbranched alkanes of at least 4 members (excludes halogenated alkanes) is 9. The van der Waals surface area contributed by atoms with Crippen LogP contribution < -0.4 is 12.4 Å². The molecule has 3 aromatic carbocycles. The predicted octanol–water partition coefficient (Wildman–Crippen LogP) is 16.0. The first kappa shape index (κ1) is 95.9. The van der Waals surface area contributed by atoms with Crippen LogP contribution in [0.4, 0.5) is 0 Å². The van der Waals surface area contributed by atoms with Crippen LogP contribution in [0.5, 0.6) is 0 Å². The fraction of sp³-hybridized carbons (Fsp3) is 0.684. The molecule has 0 atom stereocenters. The third-order valence-corrected chi connectivity index (χ3v) is 27.4. The van der Waals surface area contributed by atoms with Crippen LogP contribution in [0, 0.1) is 0 Å². The molecular formula is C57H114Cl7Co2O6P3. The van der Waals surface area contributed by atoms with Gasteiger partial charge >= 0.3 is 82.8 Å². The fourth-order valence-corrected chi connectivity index (χ4v) is 24.3. The van der Waals surface area contributed by atoms with Gasteiger partial charge in [-0.2, -0.15) is 0 Å². The van der Waals surface area contributed by atoms with E-state index in [-0.39, 0.29) is 45.3 Å². The van der Waals surface area contributed by atoms with Crippen LogP contribution in [-0.2, 0) is 40.4 Å². The van der Waals surface area contributed by atoms with Gasteiger partial charge in [0, 0.05) is 21.8 Å². The molecule has 0 aliphatic heterocycles. The zero-order valence-electron chi connectivity index (χ0n) is 48.0. The Morgan fingerprint density at radius 2 is 0.427 bits per heavy atom. The standard InChI is InChI=1S/3C19H34P.7ClH.2Co.6H2O/c3*1-4-7-15-20(16-8-5-2,17-9-6-3)18-19-13-11-10-12-14-19;;;;;;;;;;;;;;;/h3*10-14H,4-9,15-18H2,1-3H3;7*1H;;;6*1H2/q3*+1;;;;;;;;2*+2;;;;;;/p-7. The molecule has 75 heavy (non-hydrogen) atoms. The Labute approximate surface area is 504 Å². The second kappa shape index (κ2) is 64.9. The van der Waals surface area contributed by atoms with Gasteiger partial charge in [0.25, 0.3) is 0 Å². The third kappa shape index (κ3) is 56.0. The van der Waals surface area contributed by atoms with Gasteiger partial charge in [-0.25, -0.2) is 0 Å². The van der Waals surface area contributed by atoms with Crippen LogP contribution in [0.1, 0.15) is 195 Å². The van der Waals surface area contributed by atoms with Crippen molar-refractivity contribution in [2.24, 2.45) is 0 Å². The molecule has 3 rings (SSSR count). The topological polar surface area (TPSA) is 189 Å². The van der Waals surface area contributed by atoms with Crippen LogP contribution >= 0.6 is 82.7 Å². The monoisotopic (exact) mass is 1350 g/mol. The van der Waals surface area contributed by atoms with Crippen molar-refractivity contribution in [3.05, 3.63) is 108 Å². The molecule has 460 valence electrons. The van der Waals surface area contributed by atoms with Gasteiger partial charge in [-0.1, -0.05) is 211 Å². The molecular weight excluding hydrogens is 1240 g/mol. The molecule has 18 heteroatoms. The molecule has 12 N–H and O–H groups in total. The first-order valence-electron chi connectivity index (χ1n) is 26.7. The summed E-state index contributed by atoms with van der Waals surface area (Å²) in [4.78, 5) is 0. The molecule has 0 bridgehead atoms. The maximum absolute atomic E-state index is 4.94. The Hall–Kier alpha value is 1.75. The van der Waals surface area contributed by atoms with Gasteiger partial charge in [-0.05, 0) is 74.5 Å². The Balaban J connectivity index is -0.000000111. The second-order valence-electron chi connectivity index (χ2n) is 19.0. The van der Waals surface area contributed by atoms with E-state index in [1.807, 2.05) is 0 Å². The molecule has 0 unspecified atom stereocenters. The Morgan fingerprint density at radius 3 is 0.533 bits per heavy atom. The van der Waals surface area contributed by atoms with Crippen LogP contribution in [0.2, 0.25) is 0 Å². The first-order chi connectivity index (χ1) is 32.7. The van der Waals surface area contributed by atoms with Crippen molar-refractivity contribution in [1.29, 1.82) is 0 Å². The summed E-state index contributed by atoms with van der Waals surface area (Å²) in [5, 5.41) is 0. The van der Waals surface area contributed by atoms with E-state index in [2.05, 4.69) is 153 Å². The molecule has 0 aliphatic rings. The molecule has 0 aliphatic carbocycles. The average molecular weight is 1350 g/mol. The van der Waals surface area contributed by atoms with E-state index in [1.54, 1.807) is 16.7 Å². The summed E-state index contributed by atoms with van der Waals surface area (Å²) in [6, 6.07) is 33.8. The van der Waals surface area contributed by atoms with Crippen molar-refractivity contribution in [2.75, 3.05) is 55.5 Å². The van der Waals surface area contributed by atoms with E-state index < -0.39 is 30.8 Å². The van der Waals surface area contributed by atoms with Gasteiger partial charge in [0.15, 0.2) is 0 Å². The van der Waals surface area contributed by atoms with Crippen LogP contribution in [-0.4, -0.2) is 88.3 Å². The zero-order chi connectivity index (χ0) is 51.3. The summed E-state index contributed by atoms with van der Waals surface area (Å²) >= 11 is 0.382. The summed E-state index contributed by atoms with van der Waals surface area (Å²) in [7, 11) is 24.4. The van der Waals surface area contributed by atoms with Gasteiger partial charge in [0.1, 0.15) is 0 Å². The second-order valence-corrected chi connectivity index (χ2v) is 44.0. The number of rotatable bonds is 33. The number of hydrogen-bond donors (Lipinski definition) is 0. The SMILES string of the molecule is CCCC[P+](CCCC)(CCCC)Cc1ccccc1.CCCC[P+](CCCC)(CCCC)Cc1ccccc1.CCCC[P+](CCCC)(CCCC)Cc1ccccc1.O.O.O.O.O.O.[Cl-].[Cl][Co-2]([Cl])([Cl])[Cl].[Cl][Co][Cl]. The van der Waals surface area contributed by atoms with E-state index in [1.165, 1.54) is 190 Å². The Bertz CT molecular complexity index is 1270. The quantitative estimate of drug-likeness (QED) is 0.0525. The summed E-state index contributed by atoms with van der Waals surface area (Å²) < 4.78 is 0. The van der Waals surface area contributed by atoms with Crippen molar-refractivity contribution in [3.63, 3.8) is 0 Å². The van der Waals surface area contributed by atoms with E-state index in [9.17, 15) is 0 Å². The predicted molar refractivity (Wildman–Crippen MR) is 346 cm³/mol. The fourth-order valence-electron chi connectivity index (χ4n) is 9.07. The molecule has 6 nitrogen and oxygen atoms in total. The van der Waals surface area contributed by atoms with E-state index >= 15 is 0 Å². The van der Waals surface area contributed by atoms with Crippen molar-refractivity contribution in [2.45, 2.75) is 196 Å². The van der Waals surface area contributed by atoms with E-state index in [0.29, 0.717) is 12.9 Å². The number of benzene rings is 3. The Morgan fingerprint density at radius 1 is 0.307 bits per heavy atom. The van der Waals surface area contributed by atoms with Crippen molar-refractivity contribution in [1.82, 2.24) is 0 Å². The van der Waals surface area contributed by atoms with E-state index in [0.717, 1.165) is 0 Å². The third-order valence-electron chi connectivity index (χ3n) is 13.0. The van der Waals surface area contributed by atoms with Gasteiger partial charge in [-0.3, -0.25) is 0 Å². The molecule has 3 aromatic rings. The van der Waals surface area contributed by atoms with Crippen molar-refractivity contribution in [3.8, 4) is 0 Å². The molecule has 0 heterocycles. The zero-order valence-corrected chi connectivity index (χ0v) is 58.1. The van der Waals surface area contributed by atoms with Gasteiger partial charge in [0.05, 0.1) is 73.9 Å². The van der Waals surface area contributed by atoms with Gasteiger partial charge < -0.3 is 45.3 Å². The molecule has 0 saturated heterocycles. The molecule has 0 spiro atoms. The summed E-state index contributed by atoms with van der Waals surface area (Å²) in [6.07, 6.45) is 43.1. The minimum atomic E-state index is -2.49. The van der Waals surface area contributed by atoms with Gasteiger partial charge in [-0.15, -0.1) is 0 Å². The van der Waals surface area contributed by atoms with Crippen LogP contribution in [0.25, 0.3) is 0 Å². The van der Waals surface area contributed by atoms with Crippen molar-refractivity contribution < 1.29 is 67.2 Å². The number of hydrogen-bond acceptors (Lipinski definition) is 0. The minimum absolute atomic E-state index is 0. The molecule has 0 amide bonds. The average Bonchev–Trinajstić information content (AvgIpc) is 3.34. The van der Waals surface area contributed by atoms with Crippen LogP contribution in [0.15, 0.2) is 91.0 Å². The maximum atomic E-state index is 4.94. The molecule has 0 saturated carbocycles. The van der Waals surface area contributed by atoms with E-state index in [4.69, 9.17) is 60.9 Å². The summed E-state index contributed by atoms with van der Waals surface area (Å²) in [5.41, 5.74) is 4.76. The summed E-state index contributed by atoms with van der Waals surface area (Å²) in [5.74, 6) is 0. The van der Waals surface area contributed by atoms with Crippen LogP contribution in [0.3, 0.4) is 0 Å². The Kier molecular flexibility index (Phi) is 83.0. The van der Waals surface area contributed by atoms with Crippen molar-refractivity contribution >= 4 is 82.7 Å². The van der Waals surface area contributed by atoms with Gasteiger partial charge in [0.2, 0.25) is 0 Å². The number of halogens is 7.